The van der Waals surface area contributed by atoms with Crippen LogP contribution < -0.4 is 5.32 Å². The lowest BCUT2D eigenvalue weighted by Gasteiger charge is -2.10. The molecule has 0 spiro atoms. The first-order valence-corrected chi connectivity index (χ1v) is 7.23. The second-order valence-corrected chi connectivity index (χ2v) is 4.94. The average molecular weight is 313 g/mol. The van der Waals surface area contributed by atoms with Gasteiger partial charge in [0, 0.05) is 12.2 Å². The van der Waals surface area contributed by atoms with Crippen molar-refractivity contribution in [1.29, 1.82) is 0 Å². The number of hydrogen-bond donors (Lipinski definition) is 1. The van der Waals surface area contributed by atoms with Crippen molar-refractivity contribution < 1.29 is 19.1 Å². The maximum Gasteiger partial charge on any atom is 0.337 e. The Bertz CT molecular complexity index is 648. The fourth-order valence-electron chi connectivity index (χ4n) is 2.20. The molecule has 5 heteroatoms. The topological polar surface area (TPSA) is 64.6 Å². The minimum Gasteiger partial charge on any atom is -0.465 e. The number of carbonyl (C=O) groups is 2. The van der Waals surface area contributed by atoms with Gasteiger partial charge in [0.05, 0.1) is 25.3 Å². The summed E-state index contributed by atoms with van der Waals surface area (Å²) in [5, 5.41) is 3.22. The van der Waals surface area contributed by atoms with Crippen LogP contribution in [0.4, 0.5) is 5.69 Å². The van der Waals surface area contributed by atoms with Gasteiger partial charge >= 0.3 is 11.9 Å². The molecule has 0 fully saturated rings. The van der Waals surface area contributed by atoms with Crippen LogP contribution in [0, 0.1) is 0 Å². The Morgan fingerprint density at radius 3 is 2.00 bits per heavy atom. The molecule has 0 bridgehead atoms. The van der Waals surface area contributed by atoms with E-state index < -0.39 is 11.9 Å². The molecule has 0 radical (unpaired) electrons. The molecule has 2 aromatic rings. The highest BCUT2D eigenvalue weighted by Crippen LogP contribution is 2.17. The number of ether oxygens (including phenoxy) is 2. The largest absolute Gasteiger partial charge is 0.465 e. The van der Waals surface area contributed by atoms with Crippen LogP contribution in [0.1, 0.15) is 26.3 Å². The molecule has 23 heavy (non-hydrogen) atoms. The van der Waals surface area contributed by atoms with Crippen LogP contribution in [-0.4, -0.2) is 32.7 Å². The smallest absolute Gasteiger partial charge is 0.337 e. The van der Waals surface area contributed by atoms with Crippen LogP contribution in [0.3, 0.4) is 0 Å². The third-order valence-corrected chi connectivity index (χ3v) is 3.36. The normalized spacial score (nSPS) is 10.0. The zero-order valence-electron chi connectivity index (χ0n) is 13.2. The molecule has 5 nitrogen and oxygen atoms in total. The van der Waals surface area contributed by atoms with Gasteiger partial charge in [0.2, 0.25) is 0 Å². The summed E-state index contributed by atoms with van der Waals surface area (Å²) in [6.45, 7) is 0.676. The molecule has 0 unspecified atom stereocenters. The van der Waals surface area contributed by atoms with Crippen LogP contribution in [0.15, 0.2) is 48.5 Å². The third-order valence-electron chi connectivity index (χ3n) is 3.36. The van der Waals surface area contributed by atoms with Gasteiger partial charge in [0.15, 0.2) is 0 Å². The zero-order chi connectivity index (χ0) is 16.7. The maximum absolute atomic E-state index is 11.7. The number of rotatable bonds is 6. The number of esters is 2. The molecule has 0 aliphatic heterocycles. The van der Waals surface area contributed by atoms with Crippen LogP contribution in [0.5, 0.6) is 0 Å². The van der Waals surface area contributed by atoms with Gasteiger partial charge in [-0.1, -0.05) is 30.3 Å². The molecule has 2 aromatic carbocycles. The van der Waals surface area contributed by atoms with Gasteiger partial charge in [-0.05, 0) is 30.2 Å². The van der Waals surface area contributed by atoms with Crippen LogP contribution in [0.2, 0.25) is 0 Å². The number of benzene rings is 2. The summed E-state index contributed by atoms with van der Waals surface area (Å²) in [4.78, 5) is 23.4. The predicted molar refractivity (Wildman–Crippen MR) is 87.8 cm³/mol. The molecule has 120 valence electrons. The van der Waals surface area contributed by atoms with Gasteiger partial charge in [0.25, 0.3) is 0 Å². The lowest BCUT2D eigenvalue weighted by atomic mass is 10.1. The van der Waals surface area contributed by atoms with Crippen molar-refractivity contribution in [3.63, 3.8) is 0 Å². The fourth-order valence-corrected chi connectivity index (χ4v) is 2.20. The Balaban J connectivity index is 2.13. The van der Waals surface area contributed by atoms with Crippen molar-refractivity contribution in [2.24, 2.45) is 0 Å². The fraction of sp³-hybridized carbons (Fsp3) is 0.222. The van der Waals surface area contributed by atoms with Gasteiger partial charge in [-0.2, -0.15) is 0 Å². The molecule has 0 saturated carbocycles. The highest BCUT2D eigenvalue weighted by Gasteiger charge is 2.13. The van der Waals surface area contributed by atoms with E-state index in [1.54, 1.807) is 12.1 Å². The zero-order valence-corrected chi connectivity index (χ0v) is 13.2. The molecule has 1 N–H and O–H groups in total. The lowest BCUT2D eigenvalue weighted by molar-refractivity contribution is 0.0599. The van der Waals surface area contributed by atoms with E-state index in [1.807, 2.05) is 30.3 Å². The van der Waals surface area contributed by atoms with Crippen LogP contribution >= 0.6 is 0 Å². The Hall–Kier alpha value is -2.82. The van der Waals surface area contributed by atoms with Crippen molar-refractivity contribution in [3.8, 4) is 0 Å². The Morgan fingerprint density at radius 2 is 1.48 bits per heavy atom. The Morgan fingerprint density at radius 1 is 0.913 bits per heavy atom. The number of carbonyl (C=O) groups excluding carboxylic acids is 2. The van der Waals surface area contributed by atoms with E-state index in [2.05, 4.69) is 5.32 Å². The quantitative estimate of drug-likeness (QED) is 0.831. The Kier molecular flexibility index (Phi) is 5.74. The van der Waals surface area contributed by atoms with E-state index in [0.29, 0.717) is 23.4 Å². The minimum absolute atomic E-state index is 0.303. The first kappa shape index (κ1) is 16.5. The summed E-state index contributed by atoms with van der Waals surface area (Å²) in [5.74, 6) is -0.997. The van der Waals surface area contributed by atoms with E-state index in [9.17, 15) is 9.59 Å². The number of hydrogen-bond acceptors (Lipinski definition) is 5. The van der Waals surface area contributed by atoms with Crippen molar-refractivity contribution in [2.75, 3.05) is 26.1 Å². The summed E-state index contributed by atoms with van der Waals surface area (Å²) in [5.41, 5.74) is 2.48. The summed E-state index contributed by atoms with van der Waals surface area (Å²) in [6.07, 6.45) is 0.830. The van der Waals surface area contributed by atoms with Gasteiger partial charge in [-0.3, -0.25) is 0 Å². The lowest BCUT2D eigenvalue weighted by Crippen LogP contribution is -2.10. The van der Waals surface area contributed by atoms with Crippen molar-refractivity contribution in [2.45, 2.75) is 6.42 Å². The van der Waals surface area contributed by atoms with E-state index in [-0.39, 0.29) is 0 Å². The van der Waals surface area contributed by atoms with E-state index in [4.69, 9.17) is 9.47 Å². The number of anilines is 1. The first-order valence-electron chi connectivity index (χ1n) is 7.23. The van der Waals surface area contributed by atoms with Crippen molar-refractivity contribution in [1.82, 2.24) is 0 Å². The van der Waals surface area contributed by atoms with E-state index >= 15 is 0 Å². The first-order chi connectivity index (χ1) is 11.1. The van der Waals surface area contributed by atoms with Crippen molar-refractivity contribution in [3.05, 3.63) is 65.2 Å². The maximum atomic E-state index is 11.7. The second kappa shape index (κ2) is 7.98. The second-order valence-electron chi connectivity index (χ2n) is 4.94. The Labute approximate surface area is 135 Å². The number of nitrogens with one attached hydrogen (secondary N) is 1. The summed E-state index contributed by atoms with van der Waals surface area (Å²) >= 11 is 0. The van der Waals surface area contributed by atoms with Gasteiger partial charge in [-0.15, -0.1) is 0 Å². The third kappa shape index (κ3) is 4.57. The molecule has 2 rings (SSSR count). The van der Waals surface area contributed by atoms with Gasteiger partial charge in [0.1, 0.15) is 0 Å². The van der Waals surface area contributed by atoms with Crippen LogP contribution in [-0.2, 0) is 15.9 Å². The summed E-state index contributed by atoms with van der Waals surface area (Å²) in [7, 11) is 2.60. The molecule has 0 aliphatic carbocycles. The molecular formula is C18H19NO4. The van der Waals surface area contributed by atoms with E-state index in [1.165, 1.54) is 25.8 Å². The molecule has 0 saturated heterocycles. The van der Waals surface area contributed by atoms with Gasteiger partial charge < -0.3 is 14.8 Å². The molecule has 0 heterocycles. The highest BCUT2D eigenvalue weighted by molar-refractivity contribution is 5.96. The highest BCUT2D eigenvalue weighted by atomic mass is 16.5. The molecule has 0 aromatic heterocycles. The predicted octanol–water partition coefficient (Wildman–Crippen LogP) is 2.91. The van der Waals surface area contributed by atoms with E-state index in [0.717, 1.165) is 6.42 Å². The molecule has 0 aliphatic rings. The van der Waals surface area contributed by atoms with Gasteiger partial charge in [-0.25, -0.2) is 9.59 Å². The standard InChI is InChI=1S/C18H19NO4/c1-22-17(20)14-10-15(18(21)23-2)12-16(11-14)19-9-8-13-6-4-3-5-7-13/h3-7,10-12,19H,8-9H2,1-2H3. The molecule has 0 atom stereocenters. The summed E-state index contributed by atoms with van der Waals surface area (Å²) in [6, 6.07) is 14.8. The van der Waals surface area contributed by atoms with Crippen molar-refractivity contribution >= 4 is 17.6 Å². The minimum atomic E-state index is -0.498. The monoisotopic (exact) mass is 313 g/mol. The number of methoxy groups -OCH3 is 2. The summed E-state index contributed by atoms with van der Waals surface area (Å²) < 4.78 is 9.43. The SMILES string of the molecule is COC(=O)c1cc(NCCc2ccccc2)cc(C(=O)OC)c1. The molecular weight excluding hydrogens is 294 g/mol. The average Bonchev–Trinajstić information content (AvgIpc) is 2.61. The van der Waals surface area contributed by atoms with Crippen LogP contribution in [0.25, 0.3) is 0 Å². The molecule has 0 amide bonds.